The van der Waals surface area contributed by atoms with Crippen LogP contribution in [0.3, 0.4) is 0 Å². The van der Waals surface area contributed by atoms with Gasteiger partial charge in [-0.05, 0) is 19.4 Å². The highest BCUT2D eigenvalue weighted by Crippen LogP contribution is 2.26. The van der Waals surface area contributed by atoms with Gasteiger partial charge in [0.15, 0.2) is 0 Å². The van der Waals surface area contributed by atoms with Crippen LogP contribution in [0.1, 0.15) is 28.6 Å². The van der Waals surface area contributed by atoms with E-state index in [4.69, 9.17) is 5.11 Å². The van der Waals surface area contributed by atoms with Crippen molar-refractivity contribution >= 4 is 5.91 Å². The Morgan fingerprint density at radius 3 is 2.75 bits per heavy atom. The molecule has 1 aromatic carbocycles. The van der Waals surface area contributed by atoms with Crippen LogP contribution in [-0.4, -0.2) is 45.4 Å². The number of aromatic nitrogens is 2. The molecule has 1 atom stereocenters. The van der Waals surface area contributed by atoms with E-state index < -0.39 is 0 Å². The minimum Gasteiger partial charge on any atom is -0.394 e. The Balaban J connectivity index is 1.89. The molecule has 128 valence electrons. The van der Waals surface area contributed by atoms with Crippen LogP contribution in [0, 0.1) is 13.8 Å². The molecule has 24 heavy (non-hydrogen) atoms. The molecule has 0 bridgehead atoms. The lowest BCUT2D eigenvalue weighted by molar-refractivity contribution is -0.129. The number of rotatable bonds is 5. The molecule has 1 saturated heterocycles. The van der Waals surface area contributed by atoms with Gasteiger partial charge in [-0.3, -0.25) is 14.4 Å². The maximum absolute atomic E-state index is 12.5. The van der Waals surface area contributed by atoms with Gasteiger partial charge >= 0.3 is 0 Å². The number of hydrogen-bond acceptors (Lipinski definition) is 4. The zero-order valence-corrected chi connectivity index (χ0v) is 14.2. The van der Waals surface area contributed by atoms with Crippen LogP contribution in [0.25, 0.3) is 0 Å². The normalized spacial score (nSPS) is 18.6. The van der Waals surface area contributed by atoms with E-state index in [0.717, 1.165) is 29.1 Å². The lowest BCUT2D eigenvalue weighted by atomic mass is 10.0. The Bertz CT molecular complexity index is 711. The van der Waals surface area contributed by atoms with E-state index in [2.05, 4.69) is 15.3 Å². The molecule has 6 nitrogen and oxygen atoms in total. The monoisotopic (exact) mass is 328 g/mol. The van der Waals surface area contributed by atoms with Gasteiger partial charge in [-0.1, -0.05) is 30.3 Å². The molecule has 3 rings (SSSR count). The number of piperazine rings is 1. The fourth-order valence-electron chi connectivity index (χ4n) is 3.36. The van der Waals surface area contributed by atoms with Crippen LogP contribution in [0.15, 0.2) is 30.3 Å². The molecule has 6 heteroatoms. The molecular weight excluding hydrogens is 304 g/mol. The Hall–Kier alpha value is -2.18. The number of hydrogen-bond donors (Lipinski definition) is 2. The van der Waals surface area contributed by atoms with Crippen LogP contribution >= 0.6 is 0 Å². The molecular formula is C18H24N4O2. The molecule has 1 amide bonds. The van der Waals surface area contributed by atoms with Gasteiger partial charge in [0.25, 0.3) is 0 Å². The third kappa shape index (κ3) is 3.20. The number of amides is 1. The minimum atomic E-state index is -0.278. The first-order valence-electron chi connectivity index (χ1n) is 8.32. The molecule has 0 aliphatic carbocycles. The fourth-order valence-corrected chi connectivity index (χ4v) is 3.36. The predicted molar refractivity (Wildman–Crippen MR) is 91.4 cm³/mol. The summed E-state index contributed by atoms with van der Waals surface area (Å²) in [6, 6.07) is 9.60. The average Bonchev–Trinajstić information content (AvgIpc) is 2.84. The number of aryl methyl sites for hydroxylation is 1. The second kappa shape index (κ2) is 7.15. The van der Waals surface area contributed by atoms with E-state index in [1.165, 1.54) is 0 Å². The Kier molecular flexibility index (Phi) is 4.97. The second-order valence-corrected chi connectivity index (χ2v) is 6.17. The summed E-state index contributed by atoms with van der Waals surface area (Å²) in [6.07, 6.45) is 0. The summed E-state index contributed by atoms with van der Waals surface area (Å²) in [6.45, 7) is 6.70. The van der Waals surface area contributed by atoms with Crippen molar-refractivity contribution in [2.24, 2.45) is 0 Å². The van der Waals surface area contributed by atoms with Crippen LogP contribution in [0.5, 0.6) is 0 Å². The Morgan fingerprint density at radius 2 is 2.04 bits per heavy atom. The van der Waals surface area contributed by atoms with Gasteiger partial charge in [-0.15, -0.1) is 0 Å². The van der Waals surface area contributed by atoms with E-state index in [0.29, 0.717) is 19.6 Å². The smallest absolute Gasteiger partial charge is 0.242 e. The van der Waals surface area contributed by atoms with Gasteiger partial charge in [-0.25, -0.2) is 0 Å². The molecule has 1 unspecified atom stereocenters. The molecule has 2 N–H and O–H groups in total. The number of aliphatic hydroxyl groups excluding tert-OH is 1. The van der Waals surface area contributed by atoms with Gasteiger partial charge in [0.1, 0.15) is 6.04 Å². The summed E-state index contributed by atoms with van der Waals surface area (Å²) in [5, 5.41) is 16.6. The summed E-state index contributed by atoms with van der Waals surface area (Å²) >= 11 is 0. The van der Waals surface area contributed by atoms with Crippen molar-refractivity contribution in [3.63, 3.8) is 0 Å². The van der Waals surface area contributed by atoms with Crippen molar-refractivity contribution in [2.45, 2.75) is 33.0 Å². The standard InChI is InChI=1S/C18H24N4O2/c1-13-16(14(2)22(20-13)10-11-23)12-21-9-8-19-18(24)17(21)15-6-4-3-5-7-15/h3-7,17,23H,8-12H2,1-2H3,(H,19,24). The maximum atomic E-state index is 12.5. The SMILES string of the molecule is Cc1nn(CCO)c(C)c1CN1CCNC(=O)C1c1ccccc1. The molecule has 0 radical (unpaired) electrons. The van der Waals surface area contributed by atoms with E-state index in [1.54, 1.807) is 0 Å². The zero-order chi connectivity index (χ0) is 17.1. The fraction of sp³-hybridized carbons (Fsp3) is 0.444. The molecule has 1 fully saturated rings. The quantitative estimate of drug-likeness (QED) is 0.864. The summed E-state index contributed by atoms with van der Waals surface area (Å²) in [5.41, 5.74) is 4.16. The highest BCUT2D eigenvalue weighted by atomic mass is 16.3. The number of benzene rings is 1. The lowest BCUT2D eigenvalue weighted by Crippen LogP contribution is -2.49. The summed E-state index contributed by atoms with van der Waals surface area (Å²) in [4.78, 5) is 14.7. The first-order chi connectivity index (χ1) is 11.6. The highest BCUT2D eigenvalue weighted by molar-refractivity contribution is 5.83. The van der Waals surface area contributed by atoms with E-state index >= 15 is 0 Å². The number of carbonyl (C=O) groups is 1. The summed E-state index contributed by atoms with van der Waals surface area (Å²) < 4.78 is 1.84. The third-order valence-corrected chi connectivity index (χ3v) is 4.63. The van der Waals surface area contributed by atoms with E-state index in [9.17, 15) is 4.79 Å². The molecule has 2 heterocycles. The van der Waals surface area contributed by atoms with Gasteiger partial charge in [0.05, 0.1) is 18.8 Å². The van der Waals surface area contributed by atoms with Crippen molar-refractivity contribution in [2.75, 3.05) is 19.7 Å². The maximum Gasteiger partial charge on any atom is 0.242 e. The topological polar surface area (TPSA) is 70.4 Å². The van der Waals surface area contributed by atoms with Crippen LogP contribution in [-0.2, 0) is 17.9 Å². The lowest BCUT2D eigenvalue weighted by Gasteiger charge is -2.35. The van der Waals surface area contributed by atoms with Crippen LogP contribution < -0.4 is 5.32 Å². The molecule has 1 aromatic heterocycles. The number of nitrogens with one attached hydrogen (secondary N) is 1. The van der Waals surface area contributed by atoms with Gasteiger partial charge in [0.2, 0.25) is 5.91 Å². The molecule has 0 saturated carbocycles. The van der Waals surface area contributed by atoms with Crippen molar-refractivity contribution < 1.29 is 9.90 Å². The largest absolute Gasteiger partial charge is 0.394 e. The summed E-state index contributed by atoms with van der Waals surface area (Å²) in [7, 11) is 0. The minimum absolute atomic E-state index is 0.0468. The predicted octanol–water partition coefficient (Wildman–Crippen LogP) is 1.17. The first-order valence-corrected chi connectivity index (χ1v) is 8.32. The number of carbonyl (C=O) groups excluding carboxylic acids is 1. The van der Waals surface area contributed by atoms with Gasteiger partial charge < -0.3 is 10.4 Å². The highest BCUT2D eigenvalue weighted by Gasteiger charge is 2.32. The second-order valence-electron chi connectivity index (χ2n) is 6.17. The first kappa shape index (κ1) is 16.7. The van der Waals surface area contributed by atoms with Gasteiger partial charge in [0, 0.05) is 30.9 Å². The zero-order valence-electron chi connectivity index (χ0n) is 14.2. The van der Waals surface area contributed by atoms with Crippen molar-refractivity contribution in [1.29, 1.82) is 0 Å². The average molecular weight is 328 g/mol. The van der Waals surface area contributed by atoms with Crippen LogP contribution in [0.2, 0.25) is 0 Å². The Labute approximate surface area is 142 Å². The van der Waals surface area contributed by atoms with Gasteiger partial charge in [-0.2, -0.15) is 5.10 Å². The van der Waals surface area contributed by atoms with Crippen molar-refractivity contribution in [1.82, 2.24) is 20.0 Å². The van der Waals surface area contributed by atoms with Crippen LogP contribution in [0.4, 0.5) is 0 Å². The number of nitrogens with zero attached hydrogens (tertiary/aromatic N) is 3. The van der Waals surface area contributed by atoms with Crippen molar-refractivity contribution in [3.05, 3.63) is 52.8 Å². The molecule has 2 aromatic rings. The van der Waals surface area contributed by atoms with E-state index in [1.807, 2.05) is 48.9 Å². The molecule has 0 spiro atoms. The third-order valence-electron chi connectivity index (χ3n) is 4.63. The number of aliphatic hydroxyl groups is 1. The van der Waals surface area contributed by atoms with Crippen molar-refractivity contribution in [3.8, 4) is 0 Å². The molecule has 1 aliphatic heterocycles. The molecule has 1 aliphatic rings. The Morgan fingerprint density at radius 1 is 1.29 bits per heavy atom. The summed E-state index contributed by atoms with van der Waals surface area (Å²) in [5.74, 6) is 0.0468. The van der Waals surface area contributed by atoms with E-state index in [-0.39, 0.29) is 18.6 Å².